The molecule has 0 saturated heterocycles. The number of aromatic nitrogens is 2. The van der Waals surface area contributed by atoms with Crippen LogP contribution in [-0.4, -0.2) is 24.2 Å². The number of nitrogens with one attached hydrogen (secondary N) is 1. The Morgan fingerprint density at radius 3 is 2.08 bits per heavy atom. The predicted molar refractivity (Wildman–Crippen MR) is 97.4 cm³/mol. The number of fused-ring (bicyclic) bond motifs is 1. The lowest BCUT2D eigenvalue weighted by molar-refractivity contribution is 0.356. The summed E-state index contributed by atoms with van der Waals surface area (Å²) in [5, 5.41) is 4.99. The van der Waals surface area contributed by atoms with Gasteiger partial charge in [0.1, 0.15) is 5.82 Å². The summed E-state index contributed by atoms with van der Waals surface area (Å²) < 4.78 is 10.6. The van der Waals surface area contributed by atoms with E-state index < -0.39 is 0 Å². The fourth-order valence-electron chi connectivity index (χ4n) is 2.29. The molecule has 8 heteroatoms. The average molecular weight is 385 g/mol. The van der Waals surface area contributed by atoms with E-state index >= 15 is 0 Å². The lowest BCUT2D eigenvalue weighted by Crippen LogP contribution is -1.99. The van der Waals surface area contributed by atoms with Gasteiger partial charge in [0.2, 0.25) is 5.28 Å². The molecule has 0 saturated carbocycles. The number of ether oxygens (including phenoxy) is 2. The Morgan fingerprint density at radius 2 is 1.46 bits per heavy atom. The summed E-state index contributed by atoms with van der Waals surface area (Å²) in [4.78, 5) is 8.47. The first-order valence-electron chi connectivity index (χ1n) is 6.82. The van der Waals surface area contributed by atoms with Crippen molar-refractivity contribution in [1.29, 1.82) is 0 Å². The van der Waals surface area contributed by atoms with Gasteiger partial charge >= 0.3 is 0 Å². The van der Waals surface area contributed by atoms with E-state index in [2.05, 4.69) is 15.3 Å². The van der Waals surface area contributed by atoms with E-state index in [1.54, 1.807) is 44.6 Å². The van der Waals surface area contributed by atoms with Crippen LogP contribution in [0.4, 0.5) is 11.5 Å². The summed E-state index contributed by atoms with van der Waals surface area (Å²) in [6.07, 6.45) is 0. The van der Waals surface area contributed by atoms with Crippen molar-refractivity contribution in [3.63, 3.8) is 0 Å². The third-order valence-electron chi connectivity index (χ3n) is 3.30. The summed E-state index contributed by atoms with van der Waals surface area (Å²) >= 11 is 18.1. The zero-order valence-electron chi connectivity index (χ0n) is 12.7. The first-order chi connectivity index (χ1) is 11.5. The van der Waals surface area contributed by atoms with E-state index in [1.165, 1.54) is 0 Å². The molecule has 0 atom stereocenters. The van der Waals surface area contributed by atoms with Crippen LogP contribution < -0.4 is 14.8 Å². The molecular formula is C16H12Cl3N3O2. The second-order valence-electron chi connectivity index (χ2n) is 4.85. The molecule has 0 aliphatic carbocycles. The molecule has 2 aromatic carbocycles. The molecule has 0 radical (unpaired) electrons. The fourth-order valence-corrected chi connectivity index (χ4v) is 2.99. The lowest BCUT2D eigenvalue weighted by Gasteiger charge is -2.13. The molecule has 24 heavy (non-hydrogen) atoms. The van der Waals surface area contributed by atoms with Crippen molar-refractivity contribution in [3.05, 3.63) is 45.7 Å². The number of benzene rings is 2. The van der Waals surface area contributed by atoms with E-state index in [4.69, 9.17) is 44.3 Å². The van der Waals surface area contributed by atoms with Gasteiger partial charge in [0, 0.05) is 27.2 Å². The van der Waals surface area contributed by atoms with Crippen molar-refractivity contribution in [2.24, 2.45) is 0 Å². The fraction of sp³-hybridized carbons (Fsp3) is 0.125. The Labute approximate surface area is 153 Å². The minimum atomic E-state index is 0.102. The van der Waals surface area contributed by atoms with Crippen molar-refractivity contribution < 1.29 is 9.47 Å². The molecule has 0 aliphatic heterocycles. The molecule has 1 aromatic heterocycles. The summed E-state index contributed by atoms with van der Waals surface area (Å²) in [7, 11) is 3.11. The van der Waals surface area contributed by atoms with Crippen molar-refractivity contribution >= 4 is 57.2 Å². The molecule has 0 unspecified atom stereocenters. The number of anilines is 2. The van der Waals surface area contributed by atoms with E-state index in [9.17, 15) is 0 Å². The number of hydrogen-bond acceptors (Lipinski definition) is 5. The summed E-state index contributed by atoms with van der Waals surface area (Å²) in [5.41, 5.74) is 1.29. The van der Waals surface area contributed by atoms with Gasteiger partial charge in [-0.05, 0) is 35.9 Å². The third kappa shape index (κ3) is 3.43. The van der Waals surface area contributed by atoms with Gasteiger partial charge in [-0.3, -0.25) is 0 Å². The van der Waals surface area contributed by atoms with Gasteiger partial charge < -0.3 is 14.8 Å². The number of halogens is 3. The van der Waals surface area contributed by atoms with Gasteiger partial charge in [-0.1, -0.05) is 23.2 Å². The average Bonchev–Trinajstić information content (AvgIpc) is 2.52. The quantitative estimate of drug-likeness (QED) is 0.614. The van der Waals surface area contributed by atoms with Crippen molar-refractivity contribution in [2.75, 3.05) is 19.5 Å². The van der Waals surface area contributed by atoms with Crippen LogP contribution >= 0.6 is 34.8 Å². The molecular weight excluding hydrogens is 373 g/mol. The molecule has 0 bridgehead atoms. The van der Waals surface area contributed by atoms with Crippen LogP contribution in [-0.2, 0) is 0 Å². The topological polar surface area (TPSA) is 56.3 Å². The van der Waals surface area contributed by atoms with E-state index in [0.717, 1.165) is 0 Å². The SMILES string of the molecule is COc1cc2nc(Cl)nc(Nc3cc(Cl)cc(Cl)c3)c2cc1OC. The summed E-state index contributed by atoms with van der Waals surface area (Å²) in [6, 6.07) is 8.62. The van der Waals surface area contributed by atoms with Crippen LogP contribution in [0, 0.1) is 0 Å². The Balaban J connectivity index is 2.15. The number of nitrogens with zero attached hydrogens (tertiary/aromatic N) is 2. The minimum absolute atomic E-state index is 0.102. The van der Waals surface area contributed by atoms with E-state index in [-0.39, 0.29) is 5.28 Å². The van der Waals surface area contributed by atoms with Crippen LogP contribution in [0.2, 0.25) is 15.3 Å². The zero-order valence-corrected chi connectivity index (χ0v) is 15.0. The second-order valence-corrected chi connectivity index (χ2v) is 6.06. The number of methoxy groups -OCH3 is 2. The highest BCUT2D eigenvalue weighted by Crippen LogP contribution is 2.36. The molecule has 0 aliphatic rings. The first kappa shape index (κ1) is 16.9. The van der Waals surface area contributed by atoms with Gasteiger partial charge in [-0.2, -0.15) is 4.98 Å². The van der Waals surface area contributed by atoms with Gasteiger partial charge in [-0.15, -0.1) is 0 Å². The van der Waals surface area contributed by atoms with Crippen LogP contribution in [0.5, 0.6) is 11.5 Å². The highest BCUT2D eigenvalue weighted by atomic mass is 35.5. The Kier molecular flexibility index (Phi) is 4.85. The third-order valence-corrected chi connectivity index (χ3v) is 3.90. The van der Waals surface area contributed by atoms with Gasteiger partial charge in [0.25, 0.3) is 0 Å². The van der Waals surface area contributed by atoms with Gasteiger partial charge in [0.15, 0.2) is 11.5 Å². The molecule has 5 nitrogen and oxygen atoms in total. The Hall–Kier alpha value is -1.95. The second kappa shape index (κ2) is 6.89. The van der Waals surface area contributed by atoms with Crippen LogP contribution in [0.1, 0.15) is 0 Å². The van der Waals surface area contributed by atoms with Crippen LogP contribution in [0.25, 0.3) is 10.9 Å². The van der Waals surface area contributed by atoms with Gasteiger partial charge in [0.05, 0.1) is 19.7 Å². The smallest absolute Gasteiger partial charge is 0.224 e. The van der Waals surface area contributed by atoms with Crippen molar-refractivity contribution in [2.45, 2.75) is 0 Å². The Bertz CT molecular complexity index is 898. The maximum atomic E-state index is 6.04. The molecule has 0 spiro atoms. The van der Waals surface area contributed by atoms with Gasteiger partial charge in [-0.25, -0.2) is 4.98 Å². The minimum Gasteiger partial charge on any atom is -0.493 e. The first-order valence-corrected chi connectivity index (χ1v) is 7.96. The molecule has 3 aromatic rings. The molecule has 3 rings (SSSR count). The zero-order chi connectivity index (χ0) is 17.3. The molecule has 1 heterocycles. The van der Waals surface area contributed by atoms with Crippen LogP contribution in [0.3, 0.4) is 0 Å². The van der Waals surface area contributed by atoms with E-state index in [0.29, 0.717) is 44.0 Å². The maximum Gasteiger partial charge on any atom is 0.224 e. The highest BCUT2D eigenvalue weighted by molar-refractivity contribution is 6.35. The maximum absolute atomic E-state index is 6.04. The molecule has 124 valence electrons. The van der Waals surface area contributed by atoms with Crippen molar-refractivity contribution in [1.82, 2.24) is 9.97 Å². The monoisotopic (exact) mass is 383 g/mol. The Morgan fingerprint density at radius 1 is 0.833 bits per heavy atom. The normalized spacial score (nSPS) is 10.7. The predicted octanol–water partition coefficient (Wildman–Crippen LogP) is 5.35. The number of rotatable bonds is 4. The van der Waals surface area contributed by atoms with Crippen LogP contribution in [0.15, 0.2) is 30.3 Å². The summed E-state index contributed by atoms with van der Waals surface area (Å²) in [6.45, 7) is 0. The van der Waals surface area contributed by atoms with Crippen molar-refractivity contribution in [3.8, 4) is 11.5 Å². The molecule has 0 fully saturated rings. The largest absolute Gasteiger partial charge is 0.493 e. The van der Waals surface area contributed by atoms with E-state index in [1.807, 2.05) is 0 Å². The summed E-state index contributed by atoms with van der Waals surface area (Å²) in [5.74, 6) is 1.61. The molecule has 1 N–H and O–H groups in total. The highest BCUT2D eigenvalue weighted by Gasteiger charge is 2.13. The lowest BCUT2D eigenvalue weighted by atomic mass is 10.2. The molecule has 0 amide bonds. The number of hydrogen-bond donors (Lipinski definition) is 1. The standard InChI is InChI=1S/C16H12Cl3N3O2/c1-23-13-6-11-12(7-14(13)24-2)21-16(19)22-15(11)20-10-4-8(17)3-9(18)5-10/h3-7H,1-2H3,(H,20,21,22).